The summed E-state index contributed by atoms with van der Waals surface area (Å²) in [6.45, 7) is 1.66. The van der Waals surface area contributed by atoms with E-state index in [2.05, 4.69) is 11.0 Å². The van der Waals surface area contributed by atoms with Gasteiger partial charge in [-0.1, -0.05) is 19.3 Å². The Morgan fingerprint density at radius 2 is 1.79 bits per heavy atom. The number of hydrogen-bond donors (Lipinski definition) is 0. The Morgan fingerprint density at radius 3 is 2.37 bits per heavy atom. The molecule has 0 atom stereocenters. The van der Waals surface area contributed by atoms with Crippen LogP contribution in [-0.4, -0.2) is 18.0 Å². The zero-order valence-electron chi connectivity index (χ0n) is 10.8. The normalized spacial score (nSPS) is 16.3. The molecule has 0 aromatic heterocycles. The lowest BCUT2D eigenvalue weighted by molar-refractivity contribution is -0.384. The van der Waals surface area contributed by atoms with Gasteiger partial charge < -0.3 is 4.90 Å². The molecule has 0 radical (unpaired) electrons. The highest BCUT2D eigenvalue weighted by molar-refractivity contribution is 5.66. The van der Waals surface area contributed by atoms with E-state index in [1.54, 1.807) is 6.07 Å². The number of benzene rings is 1. The minimum atomic E-state index is -0.366. The Labute approximate surface area is 112 Å². The Hall–Kier alpha value is -2.09. The van der Waals surface area contributed by atoms with Crippen molar-refractivity contribution in [3.05, 3.63) is 33.9 Å². The summed E-state index contributed by atoms with van der Waals surface area (Å²) in [7, 11) is 0. The summed E-state index contributed by atoms with van der Waals surface area (Å²) < 4.78 is 0. The highest BCUT2D eigenvalue weighted by atomic mass is 16.6. The van der Waals surface area contributed by atoms with Gasteiger partial charge in [0.05, 0.1) is 16.6 Å². The van der Waals surface area contributed by atoms with Gasteiger partial charge in [-0.25, -0.2) is 0 Å². The average Bonchev–Trinajstić information content (AvgIpc) is 2.37. The van der Waals surface area contributed by atoms with E-state index in [0.717, 1.165) is 25.9 Å². The fourth-order valence-corrected chi connectivity index (χ4v) is 2.49. The molecule has 1 aliphatic rings. The molecule has 0 unspecified atom stereocenters. The summed E-state index contributed by atoms with van der Waals surface area (Å²) >= 11 is 0. The number of nitro benzene ring substituents is 1. The average molecular weight is 259 g/mol. The summed E-state index contributed by atoms with van der Waals surface area (Å²) in [6, 6.07) is 6.63. The van der Waals surface area contributed by atoms with Crippen molar-refractivity contribution in [3.63, 3.8) is 0 Å². The van der Waals surface area contributed by atoms with E-state index >= 15 is 0 Å². The molecule has 1 heterocycles. The number of hydrogen-bond acceptors (Lipinski definition) is 4. The molecular formula is C14H17N3O2. The number of nitro groups is 1. The van der Waals surface area contributed by atoms with Gasteiger partial charge >= 0.3 is 0 Å². The van der Waals surface area contributed by atoms with E-state index in [-0.39, 0.29) is 10.6 Å². The molecule has 100 valence electrons. The van der Waals surface area contributed by atoms with Gasteiger partial charge in [0.25, 0.3) is 5.69 Å². The molecule has 0 aliphatic carbocycles. The third-order valence-electron chi connectivity index (χ3n) is 3.50. The van der Waals surface area contributed by atoms with Crippen molar-refractivity contribution >= 4 is 11.4 Å². The van der Waals surface area contributed by atoms with Gasteiger partial charge in [-0.2, -0.15) is 5.26 Å². The second-order valence-electron chi connectivity index (χ2n) is 4.83. The third-order valence-corrected chi connectivity index (χ3v) is 3.50. The van der Waals surface area contributed by atoms with Crippen LogP contribution in [0.1, 0.15) is 37.7 Å². The van der Waals surface area contributed by atoms with Crippen molar-refractivity contribution in [1.82, 2.24) is 0 Å². The molecule has 1 fully saturated rings. The molecule has 0 amide bonds. The van der Waals surface area contributed by atoms with Gasteiger partial charge in [0.2, 0.25) is 0 Å². The molecule has 1 aromatic carbocycles. The topological polar surface area (TPSA) is 70.2 Å². The minimum absolute atomic E-state index is 0.0968. The standard InChI is InChI=1S/C14H17N3O2/c15-11-12-6-7-13(17(18)19)14(10-12)16-8-4-2-1-3-5-9-16/h6-7,10H,1-5,8-9H2. The van der Waals surface area contributed by atoms with Crippen LogP contribution in [0.4, 0.5) is 11.4 Å². The molecule has 1 aromatic rings. The minimum Gasteiger partial charge on any atom is -0.366 e. The van der Waals surface area contributed by atoms with Gasteiger partial charge in [0, 0.05) is 19.2 Å². The maximum atomic E-state index is 11.1. The fourth-order valence-electron chi connectivity index (χ4n) is 2.49. The highest BCUT2D eigenvalue weighted by Gasteiger charge is 2.20. The van der Waals surface area contributed by atoms with Gasteiger partial charge in [0.1, 0.15) is 5.69 Å². The summed E-state index contributed by atoms with van der Waals surface area (Å²) in [5.41, 5.74) is 1.16. The lowest BCUT2D eigenvalue weighted by atomic mass is 10.1. The number of anilines is 1. The molecule has 0 N–H and O–H groups in total. The molecule has 0 spiro atoms. The summed E-state index contributed by atoms with van der Waals surface area (Å²) in [4.78, 5) is 12.8. The van der Waals surface area contributed by atoms with Crippen molar-refractivity contribution in [1.29, 1.82) is 5.26 Å². The van der Waals surface area contributed by atoms with Crippen molar-refractivity contribution in [2.24, 2.45) is 0 Å². The van der Waals surface area contributed by atoms with Crippen LogP contribution in [0.25, 0.3) is 0 Å². The smallest absolute Gasteiger partial charge is 0.292 e. The molecule has 5 heteroatoms. The van der Waals surface area contributed by atoms with Crippen molar-refractivity contribution in [3.8, 4) is 6.07 Å². The Kier molecular flexibility index (Phi) is 4.35. The largest absolute Gasteiger partial charge is 0.366 e. The molecule has 0 saturated carbocycles. The predicted molar refractivity (Wildman–Crippen MR) is 73.1 cm³/mol. The van der Waals surface area contributed by atoms with E-state index < -0.39 is 0 Å². The molecule has 5 nitrogen and oxygen atoms in total. The van der Waals surface area contributed by atoms with Crippen LogP contribution in [-0.2, 0) is 0 Å². The number of rotatable bonds is 2. The fraction of sp³-hybridized carbons (Fsp3) is 0.500. The Bertz CT molecular complexity index is 500. The summed E-state index contributed by atoms with van der Waals surface area (Å²) in [5, 5.41) is 20.1. The first-order valence-electron chi connectivity index (χ1n) is 6.66. The highest BCUT2D eigenvalue weighted by Crippen LogP contribution is 2.30. The van der Waals surface area contributed by atoms with Crippen LogP contribution in [0.5, 0.6) is 0 Å². The first-order valence-corrected chi connectivity index (χ1v) is 6.66. The number of nitriles is 1. The lowest BCUT2D eigenvalue weighted by Crippen LogP contribution is -2.27. The van der Waals surface area contributed by atoms with E-state index in [0.29, 0.717) is 11.3 Å². The molecular weight excluding hydrogens is 242 g/mol. The predicted octanol–water partition coefficient (Wildman–Crippen LogP) is 3.24. The van der Waals surface area contributed by atoms with E-state index in [9.17, 15) is 10.1 Å². The van der Waals surface area contributed by atoms with E-state index in [4.69, 9.17) is 5.26 Å². The summed E-state index contributed by atoms with van der Waals surface area (Å²) in [6.07, 6.45) is 5.68. The maximum Gasteiger partial charge on any atom is 0.292 e. The lowest BCUT2D eigenvalue weighted by Gasteiger charge is -2.26. The van der Waals surface area contributed by atoms with E-state index in [1.807, 2.05) is 0 Å². The SMILES string of the molecule is N#Cc1ccc([N+](=O)[O-])c(N2CCCCCCC2)c1. The monoisotopic (exact) mass is 259 g/mol. The van der Waals surface area contributed by atoms with Crippen LogP contribution in [0, 0.1) is 21.4 Å². The Balaban J connectivity index is 2.34. The van der Waals surface area contributed by atoms with Crippen LogP contribution >= 0.6 is 0 Å². The van der Waals surface area contributed by atoms with Crippen LogP contribution in [0.3, 0.4) is 0 Å². The van der Waals surface area contributed by atoms with Gasteiger partial charge in [-0.3, -0.25) is 10.1 Å². The van der Waals surface area contributed by atoms with Crippen molar-refractivity contribution < 1.29 is 4.92 Å². The van der Waals surface area contributed by atoms with Crippen LogP contribution in [0.15, 0.2) is 18.2 Å². The molecule has 19 heavy (non-hydrogen) atoms. The first-order chi connectivity index (χ1) is 9.22. The zero-order valence-corrected chi connectivity index (χ0v) is 10.8. The van der Waals surface area contributed by atoms with Gasteiger partial charge in [-0.15, -0.1) is 0 Å². The van der Waals surface area contributed by atoms with Crippen LogP contribution < -0.4 is 4.90 Å². The molecule has 2 rings (SSSR count). The van der Waals surface area contributed by atoms with Gasteiger partial charge in [0.15, 0.2) is 0 Å². The van der Waals surface area contributed by atoms with Crippen molar-refractivity contribution in [2.45, 2.75) is 32.1 Å². The molecule has 1 aliphatic heterocycles. The van der Waals surface area contributed by atoms with E-state index in [1.165, 1.54) is 31.4 Å². The summed E-state index contributed by atoms with van der Waals surface area (Å²) in [5.74, 6) is 0. The molecule has 1 saturated heterocycles. The first kappa shape index (κ1) is 13.3. The number of nitrogens with zero attached hydrogens (tertiary/aromatic N) is 3. The Morgan fingerprint density at radius 1 is 1.16 bits per heavy atom. The van der Waals surface area contributed by atoms with Crippen molar-refractivity contribution in [2.75, 3.05) is 18.0 Å². The van der Waals surface area contributed by atoms with Crippen LogP contribution in [0.2, 0.25) is 0 Å². The van der Waals surface area contributed by atoms with Gasteiger partial charge in [-0.05, 0) is 25.0 Å². The maximum absolute atomic E-state index is 11.1. The quantitative estimate of drug-likeness (QED) is 0.604. The third kappa shape index (κ3) is 3.22. The zero-order chi connectivity index (χ0) is 13.7. The second-order valence-corrected chi connectivity index (χ2v) is 4.83. The molecule has 0 bridgehead atoms. The second kappa shape index (κ2) is 6.19.